The summed E-state index contributed by atoms with van der Waals surface area (Å²) in [7, 11) is 0. The van der Waals surface area contributed by atoms with Crippen LogP contribution in [-0.2, 0) is 24.3 Å². The second-order valence-electron chi connectivity index (χ2n) is 6.90. The molecule has 1 aromatic heterocycles. The highest BCUT2D eigenvalue weighted by Crippen LogP contribution is 2.28. The van der Waals surface area contributed by atoms with Crippen molar-refractivity contribution in [3.8, 4) is 17.3 Å². The lowest BCUT2D eigenvalue weighted by Gasteiger charge is -2.29. The van der Waals surface area contributed by atoms with Crippen LogP contribution in [0.2, 0.25) is 0 Å². The van der Waals surface area contributed by atoms with E-state index in [1.165, 1.54) is 17.3 Å². The summed E-state index contributed by atoms with van der Waals surface area (Å²) in [6, 6.07) is 6.78. The van der Waals surface area contributed by atoms with E-state index in [-0.39, 0.29) is 30.0 Å². The van der Waals surface area contributed by atoms with Gasteiger partial charge >= 0.3 is 0 Å². The molecule has 5 nitrogen and oxygen atoms in total. The summed E-state index contributed by atoms with van der Waals surface area (Å²) in [5.41, 5.74) is 0.731. The minimum absolute atomic E-state index is 0.124. The van der Waals surface area contributed by atoms with E-state index >= 15 is 0 Å². The van der Waals surface area contributed by atoms with E-state index in [9.17, 15) is 22.4 Å². The van der Waals surface area contributed by atoms with Crippen molar-refractivity contribution < 1.29 is 22.4 Å². The predicted octanol–water partition coefficient (Wildman–Crippen LogP) is 3.56. The van der Waals surface area contributed by atoms with Crippen molar-refractivity contribution in [2.75, 3.05) is 6.54 Å². The van der Waals surface area contributed by atoms with Crippen LogP contribution < -0.4 is 0 Å². The third kappa shape index (κ3) is 3.52. The maximum atomic E-state index is 14.2. The molecule has 0 N–H and O–H groups in total. The van der Waals surface area contributed by atoms with E-state index in [2.05, 4.69) is 4.98 Å². The highest BCUT2D eigenvalue weighted by atomic mass is 19.2. The Morgan fingerprint density at radius 2 is 1.90 bits per heavy atom. The van der Waals surface area contributed by atoms with Crippen molar-refractivity contribution in [2.45, 2.75) is 19.5 Å². The van der Waals surface area contributed by atoms with Gasteiger partial charge in [-0.1, -0.05) is 0 Å². The standard InChI is InChI=1S/C21H14F4N4O/c22-14-1-2-15(16(23)8-14)21-18-10-28(3-4-29(18)11-27-21)19(30)7-12-5-13(9-26)20(25)17(24)6-12/h1-2,5-6,8,11H,3-4,7,10H2. The number of benzene rings is 2. The number of amides is 1. The van der Waals surface area contributed by atoms with Crippen LogP contribution in [0.5, 0.6) is 0 Å². The lowest BCUT2D eigenvalue weighted by molar-refractivity contribution is -0.131. The lowest BCUT2D eigenvalue weighted by atomic mass is 10.1. The third-order valence-electron chi connectivity index (χ3n) is 5.00. The van der Waals surface area contributed by atoms with Crippen LogP contribution in [0.1, 0.15) is 16.8 Å². The fraction of sp³-hybridized carbons (Fsp3) is 0.190. The Morgan fingerprint density at radius 3 is 2.63 bits per heavy atom. The molecule has 0 fully saturated rings. The number of carbonyl (C=O) groups is 1. The zero-order valence-corrected chi connectivity index (χ0v) is 15.5. The molecule has 2 aromatic carbocycles. The van der Waals surface area contributed by atoms with E-state index in [0.717, 1.165) is 24.3 Å². The van der Waals surface area contributed by atoms with Crippen LogP contribution >= 0.6 is 0 Å². The molecule has 0 radical (unpaired) electrons. The minimum Gasteiger partial charge on any atom is -0.335 e. The van der Waals surface area contributed by atoms with Crippen LogP contribution in [0.15, 0.2) is 36.7 Å². The van der Waals surface area contributed by atoms with Gasteiger partial charge in [0.15, 0.2) is 11.6 Å². The molecular weight excluding hydrogens is 400 g/mol. The third-order valence-corrected chi connectivity index (χ3v) is 5.00. The number of rotatable bonds is 3. The average Bonchev–Trinajstić information content (AvgIpc) is 3.13. The number of imidazole rings is 1. The Hall–Kier alpha value is -3.67. The van der Waals surface area contributed by atoms with Gasteiger partial charge in [-0.2, -0.15) is 5.26 Å². The van der Waals surface area contributed by atoms with E-state index in [1.807, 2.05) is 0 Å². The molecule has 1 amide bonds. The number of nitriles is 1. The molecule has 1 aliphatic rings. The van der Waals surface area contributed by atoms with Gasteiger partial charge in [0, 0.05) is 24.7 Å². The van der Waals surface area contributed by atoms with Crippen LogP contribution in [0.4, 0.5) is 17.6 Å². The Bertz CT molecular complexity index is 1200. The van der Waals surface area contributed by atoms with Crippen molar-refractivity contribution in [1.29, 1.82) is 5.26 Å². The molecule has 0 unspecified atom stereocenters. The minimum atomic E-state index is -1.25. The van der Waals surface area contributed by atoms with Gasteiger partial charge in [0.1, 0.15) is 17.7 Å². The molecule has 1 aliphatic heterocycles. The number of aromatic nitrogens is 2. The summed E-state index contributed by atoms with van der Waals surface area (Å²) in [4.78, 5) is 18.4. The van der Waals surface area contributed by atoms with E-state index in [1.54, 1.807) is 10.6 Å². The van der Waals surface area contributed by atoms with Crippen molar-refractivity contribution in [3.63, 3.8) is 0 Å². The molecule has 0 aliphatic carbocycles. The number of fused-ring (bicyclic) bond motifs is 1. The monoisotopic (exact) mass is 414 g/mol. The second kappa shape index (κ2) is 7.63. The SMILES string of the molecule is N#Cc1cc(CC(=O)N2CCn3cnc(-c4ccc(F)cc4F)c3C2)cc(F)c1F. The second-order valence-corrected chi connectivity index (χ2v) is 6.90. The van der Waals surface area contributed by atoms with Crippen LogP contribution in [-0.4, -0.2) is 26.9 Å². The summed E-state index contributed by atoms with van der Waals surface area (Å²) in [5.74, 6) is -4.26. The van der Waals surface area contributed by atoms with Gasteiger partial charge in [0.2, 0.25) is 5.91 Å². The first-order valence-electron chi connectivity index (χ1n) is 9.02. The van der Waals surface area contributed by atoms with Crippen molar-refractivity contribution in [1.82, 2.24) is 14.5 Å². The number of hydrogen-bond acceptors (Lipinski definition) is 3. The topological polar surface area (TPSA) is 61.9 Å². The van der Waals surface area contributed by atoms with Crippen LogP contribution in [0.25, 0.3) is 11.3 Å². The van der Waals surface area contributed by atoms with Gasteiger partial charge < -0.3 is 9.47 Å². The molecule has 0 saturated heterocycles. The largest absolute Gasteiger partial charge is 0.335 e. The molecule has 30 heavy (non-hydrogen) atoms. The fourth-order valence-electron chi connectivity index (χ4n) is 3.49. The molecule has 3 aromatic rings. The number of nitrogens with zero attached hydrogens (tertiary/aromatic N) is 4. The van der Waals surface area contributed by atoms with E-state index in [4.69, 9.17) is 5.26 Å². The summed E-state index contributed by atoms with van der Waals surface area (Å²) >= 11 is 0. The Morgan fingerprint density at radius 1 is 1.10 bits per heavy atom. The Labute approximate surface area is 168 Å². The molecular formula is C21H14F4N4O. The zero-order chi connectivity index (χ0) is 21.4. The first kappa shape index (κ1) is 19.6. The van der Waals surface area contributed by atoms with Gasteiger partial charge in [-0.15, -0.1) is 0 Å². The fourth-order valence-corrected chi connectivity index (χ4v) is 3.49. The molecule has 0 bridgehead atoms. The van der Waals surface area contributed by atoms with E-state index < -0.39 is 28.8 Å². The van der Waals surface area contributed by atoms with Gasteiger partial charge in [-0.3, -0.25) is 4.79 Å². The molecule has 9 heteroatoms. The maximum absolute atomic E-state index is 14.2. The summed E-state index contributed by atoms with van der Waals surface area (Å²) in [5, 5.41) is 8.90. The number of hydrogen-bond donors (Lipinski definition) is 0. The number of halogens is 4. The average molecular weight is 414 g/mol. The van der Waals surface area contributed by atoms with Crippen molar-refractivity contribution in [2.24, 2.45) is 0 Å². The first-order valence-corrected chi connectivity index (χ1v) is 9.02. The van der Waals surface area contributed by atoms with Crippen LogP contribution in [0, 0.1) is 34.6 Å². The van der Waals surface area contributed by atoms with Gasteiger partial charge in [0.05, 0.1) is 36.2 Å². The van der Waals surface area contributed by atoms with Gasteiger partial charge in [0.25, 0.3) is 0 Å². The summed E-state index contributed by atoms with van der Waals surface area (Å²) in [6.45, 7) is 0.889. The van der Waals surface area contributed by atoms with Crippen molar-refractivity contribution >= 4 is 5.91 Å². The highest BCUT2D eigenvalue weighted by molar-refractivity contribution is 5.79. The van der Waals surface area contributed by atoms with Gasteiger partial charge in [-0.25, -0.2) is 22.5 Å². The molecule has 0 atom stereocenters. The first-order chi connectivity index (χ1) is 14.4. The quantitative estimate of drug-likeness (QED) is 0.616. The van der Waals surface area contributed by atoms with E-state index in [0.29, 0.717) is 24.5 Å². The number of carbonyl (C=O) groups excluding carboxylic acids is 1. The van der Waals surface area contributed by atoms with Crippen LogP contribution in [0.3, 0.4) is 0 Å². The maximum Gasteiger partial charge on any atom is 0.227 e. The molecule has 0 spiro atoms. The molecule has 152 valence electrons. The Kier molecular flexibility index (Phi) is 4.99. The summed E-state index contributed by atoms with van der Waals surface area (Å²) < 4.78 is 56.4. The normalized spacial score (nSPS) is 13.1. The predicted molar refractivity (Wildman–Crippen MR) is 97.8 cm³/mol. The Balaban J connectivity index is 1.57. The summed E-state index contributed by atoms with van der Waals surface area (Å²) in [6.07, 6.45) is 1.31. The molecule has 2 heterocycles. The molecule has 4 rings (SSSR count). The smallest absolute Gasteiger partial charge is 0.227 e. The highest BCUT2D eigenvalue weighted by Gasteiger charge is 2.26. The lowest BCUT2D eigenvalue weighted by Crippen LogP contribution is -2.39. The van der Waals surface area contributed by atoms with Crippen molar-refractivity contribution in [3.05, 3.63) is 76.7 Å². The van der Waals surface area contributed by atoms with Gasteiger partial charge in [-0.05, 0) is 29.8 Å². The zero-order valence-electron chi connectivity index (χ0n) is 15.5. The molecule has 0 saturated carbocycles.